The topological polar surface area (TPSA) is 17.1 Å². The normalized spacial score (nSPS) is 22.7. The van der Waals surface area contributed by atoms with Gasteiger partial charge < -0.3 is 0 Å². The van der Waals surface area contributed by atoms with Crippen LogP contribution in [0.5, 0.6) is 0 Å². The fourth-order valence-corrected chi connectivity index (χ4v) is 3.88. The molecule has 1 aromatic carbocycles. The van der Waals surface area contributed by atoms with E-state index in [0.717, 1.165) is 38.5 Å². The van der Waals surface area contributed by atoms with Crippen LogP contribution in [0.1, 0.15) is 83.1 Å². The van der Waals surface area contributed by atoms with Gasteiger partial charge in [-0.2, -0.15) is 0 Å². The van der Waals surface area contributed by atoms with E-state index in [2.05, 4.69) is 13.8 Å². The molecule has 0 amide bonds. The third-order valence-electron chi connectivity index (χ3n) is 5.56. The highest BCUT2D eigenvalue weighted by Gasteiger charge is 2.27. The third-order valence-corrected chi connectivity index (χ3v) is 5.56. The van der Waals surface area contributed by atoms with Crippen LogP contribution in [0.25, 0.3) is 0 Å². The van der Waals surface area contributed by atoms with Crippen molar-refractivity contribution in [2.45, 2.75) is 77.6 Å². The molecule has 1 aliphatic rings. The minimum Gasteiger partial charge on any atom is -0.299 e. The van der Waals surface area contributed by atoms with Crippen molar-refractivity contribution in [2.75, 3.05) is 0 Å². The zero-order valence-electron chi connectivity index (χ0n) is 14.7. The van der Waals surface area contributed by atoms with Crippen molar-refractivity contribution in [3.8, 4) is 0 Å². The van der Waals surface area contributed by atoms with E-state index in [0.29, 0.717) is 17.6 Å². The second-order valence-electron chi connectivity index (χ2n) is 7.19. The first-order chi connectivity index (χ1) is 11.1. The largest absolute Gasteiger partial charge is 0.299 e. The predicted octanol–water partition coefficient (Wildman–Crippen LogP) is 6.28. The number of carbonyl (C=O) groups is 1. The van der Waals surface area contributed by atoms with E-state index in [9.17, 15) is 9.18 Å². The Balaban J connectivity index is 1.81. The fourth-order valence-electron chi connectivity index (χ4n) is 3.88. The number of hydrogen-bond acceptors (Lipinski definition) is 1. The molecule has 0 saturated heterocycles. The molecule has 2 rings (SSSR count). The van der Waals surface area contributed by atoms with Crippen LogP contribution in [0.15, 0.2) is 24.3 Å². The predicted molar refractivity (Wildman–Crippen MR) is 94.0 cm³/mol. The Bertz CT molecular complexity index is 471. The van der Waals surface area contributed by atoms with Crippen molar-refractivity contribution < 1.29 is 9.18 Å². The Hall–Kier alpha value is -1.18. The molecule has 128 valence electrons. The van der Waals surface area contributed by atoms with Crippen LogP contribution in [0.2, 0.25) is 0 Å². The van der Waals surface area contributed by atoms with Gasteiger partial charge in [0.1, 0.15) is 11.6 Å². The number of rotatable bonds is 8. The zero-order valence-corrected chi connectivity index (χ0v) is 14.7. The molecule has 0 aromatic heterocycles. The van der Waals surface area contributed by atoms with Crippen molar-refractivity contribution >= 4 is 5.78 Å². The van der Waals surface area contributed by atoms with E-state index in [-0.39, 0.29) is 11.7 Å². The molecule has 1 aromatic rings. The number of benzene rings is 1. The highest BCUT2D eigenvalue weighted by atomic mass is 19.1. The summed E-state index contributed by atoms with van der Waals surface area (Å²) in [6.45, 7) is 4.42. The first-order valence-corrected chi connectivity index (χ1v) is 9.42. The van der Waals surface area contributed by atoms with E-state index in [1.165, 1.54) is 24.8 Å². The zero-order chi connectivity index (χ0) is 16.7. The smallest absolute Gasteiger partial charge is 0.136 e. The first-order valence-electron chi connectivity index (χ1n) is 9.42. The Kier molecular flexibility index (Phi) is 7.26. The molecule has 0 N–H and O–H groups in total. The summed E-state index contributed by atoms with van der Waals surface area (Å²) in [5.41, 5.74) is 1.23. The van der Waals surface area contributed by atoms with Crippen molar-refractivity contribution in [3.63, 3.8) is 0 Å². The molecule has 0 radical (unpaired) electrons. The molecule has 0 spiro atoms. The van der Waals surface area contributed by atoms with E-state index >= 15 is 0 Å². The van der Waals surface area contributed by atoms with Gasteiger partial charge in [0, 0.05) is 12.3 Å². The summed E-state index contributed by atoms with van der Waals surface area (Å²) < 4.78 is 13.0. The lowest BCUT2D eigenvalue weighted by molar-refractivity contribution is -0.124. The number of ketones is 1. The van der Waals surface area contributed by atoms with Gasteiger partial charge in [-0.05, 0) is 55.2 Å². The average molecular weight is 318 g/mol. The maximum atomic E-state index is 13.0. The Morgan fingerprint density at radius 1 is 1.13 bits per heavy atom. The minimum absolute atomic E-state index is 0.171. The van der Waals surface area contributed by atoms with Crippen LogP contribution in [0, 0.1) is 17.7 Å². The van der Waals surface area contributed by atoms with E-state index in [1.54, 1.807) is 12.1 Å². The summed E-state index contributed by atoms with van der Waals surface area (Å²) in [5.74, 6) is 1.67. The van der Waals surface area contributed by atoms with Crippen LogP contribution in [-0.2, 0) is 4.79 Å². The van der Waals surface area contributed by atoms with Crippen molar-refractivity contribution in [1.29, 1.82) is 0 Å². The Morgan fingerprint density at radius 3 is 2.35 bits per heavy atom. The SMILES string of the molecule is CCCCC(CC)CC(=O)C1CCC(c2ccc(F)cc2)CC1. The average Bonchev–Trinajstić information content (AvgIpc) is 2.59. The molecular weight excluding hydrogens is 287 g/mol. The Labute approximate surface area is 140 Å². The van der Waals surface area contributed by atoms with Crippen LogP contribution >= 0.6 is 0 Å². The fraction of sp³-hybridized carbons (Fsp3) is 0.667. The van der Waals surface area contributed by atoms with Gasteiger partial charge in [-0.25, -0.2) is 4.39 Å². The third kappa shape index (κ3) is 5.44. The first kappa shape index (κ1) is 18.2. The lowest BCUT2D eigenvalue weighted by Gasteiger charge is -2.29. The van der Waals surface area contributed by atoms with Gasteiger partial charge in [0.25, 0.3) is 0 Å². The summed E-state index contributed by atoms with van der Waals surface area (Å²) in [7, 11) is 0. The standard InChI is InChI=1S/C21H31FO/c1-3-5-6-16(4-2)15-21(23)19-9-7-17(8-10-19)18-11-13-20(22)14-12-18/h11-14,16-17,19H,3-10,15H2,1-2H3. The summed E-state index contributed by atoms with van der Waals surface area (Å²) in [5, 5.41) is 0. The maximum absolute atomic E-state index is 13.0. The van der Waals surface area contributed by atoms with Gasteiger partial charge in [-0.1, -0.05) is 51.7 Å². The summed E-state index contributed by atoms with van der Waals surface area (Å²) in [4.78, 5) is 12.6. The molecule has 1 atom stereocenters. The van der Waals surface area contributed by atoms with Gasteiger partial charge in [-0.15, -0.1) is 0 Å². The van der Waals surface area contributed by atoms with Gasteiger partial charge in [0.15, 0.2) is 0 Å². The van der Waals surface area contributed by atoms with Crippen molar-refractivity contribution in [1.82, 2.24) is 0 Å². The molecule has 2 heteroatoms. The van der Waals surface area contributed by atoms with Crippen LogP contribution < -0.4 is 0 Å². The van der Waals surface area contributed by atoms with Crippen LogP contribution in [-0.4, -0.2) is 5.78 Å². The van der Waals surface area contributed by atoms with E-state index < -0.39 is 0 Å². The minimum atomic E-state index is -0.171. The number of hydrogen-bond donors (Lipinski definition) is 0. The molecule has 1 nitrogen and oxygen atoms in total. The lowest BCUT2D eigenvalue weighted by Crippen LogP contribution is -2.23. The molecule has 23 heavy (non-hydrogen) atoms. The van der Waals surface area contributed by atoms with Crippen LogP contribution in [0.3, 0.4) is 0 Å². The molecular formula is C21H31FO. The van der Waals surface area contributed by atoms with E-state index in [1.807, 2.05) is 12.1 Å². The number of halogens is 1. The monoisotopic (exact) mass is 318 g/mol. The summed E-state index contributed by atoms with van der Waals surface area (Å²) in [6, 6.07) is 6.90. The van der Waals surface area contributed by atoms with Crippen LogP contribution in [0.4, 0.5) is 4.39 Å². The highest BCUT2D eigenvalue weighted by molar-refractivity contribution is 5.81. The van der Waals surface area contributed by atoms with Gasteiger partial charge in [0.2, 0.25) is 0 Å². The maximum Gasteiger partial charge on any atom is 0.136 e. The van der Waals surface area contributed by atoms with Gasteiger partial charge in [0.05, 0.1) is 0 Å². The second-order valence-corrected chi connectivity index (χ2v) is 7.19. The van der Waals surface area contributed by atoms with Crippen molar-refractivity contribution in [2.24, 2.45) is 11.8 Å². The number of carbonyl (C=O) groups excluding carboxylic acids is 1. The molecule has 1 saturated carbocycles. The number of Topliss-reactive ketones (excluding diaryl/α,β-unsaturated/α-hetero) is 1. The summed E-state index contributed by atoms with van der Waals surface area (Å²) >= 11 is 0. The lowest BCUT2D eigenvalue weighted by atomic mass is 9.75. The second kappa shape index (κ2) is 9.20. The van der Waals surface area contributed by atoms with E-state index in [4.69, 9.17) is 0 Å². The quantitative estimate of drug-likeness (QED) is 0.551. The molecule has 0 bridgehead atoms. The highest BCUT2D eigenvalue weighted by Crippen LogP contribution is 2.37. The Morgan fingerprint density at radius 2 is 1.78 bits per heavy atom. The molecule has 1 unspecified atom stereocenters. The van der Waals surface area contributed by atoms with Crippen molar-refractivity contribution in [3.05, 3.63) is 35.6 Å². The molecule has 0 heterocycles. The molecule has 0 aliphatic heterocycles. The summed E-state index contributed by atoms with van der Waals surface area (Å²) in [6.07, 6.45) is 9.69. The number of unbranched alkanes of at least 4 members (excludes halogenated alkanes) is 1. The van der Waals surface area contributed by atoms with Gasteiger partial charge >= 0.3 is 0 Å². The molecule has 1 aliphatic carbocycles. The molecule has 1 fully saturated rings. The van der Waals surface area contributed by atoms with Gasteiger partial charge in [-0.3, -0.25) is 4.79 Å².